The molecule has 27 heavy (non-hydrogen) atoms. The zero-order chi connectivity index (χ0) is 20.2. The molecule has 1 amide bonds. The number of benzene rings is 2. The SMILES string of the molecule is CCC(Oc1ccc(N(C)S(C)(=O)=O)cc1)C(=O)Nc1cccc(Cl)c1Cl. The van der Waals surface area contributed by atoms with Crippen LogP contribution >= 0.6 is 23.2 Å². The molecule has 1 atom stereocenters. The summed E-state index contributed by atoms with van der Waals surface area (Å²) in [5, 5.41) is 3.31. The van der Waals surface area contributed by atoms with Crippen LogP contribution in [0.25, 0.3) is 0 Å². The van der Waals surface area contributed by atoms with Crippen molar-refractivity contribution in [1.82, 2.24) is 0 Å². The van der Waals surface area contributed by atoms with Gasteiger partial charge in [0.05, 0.1) is 27.7 Å². The lowest BCUT2D eigenvalue weighted by Gasteiger charge is -2.20. The zero-order valence-corrected chi connectivity index (χ0v) is 17.4. The van der Waals surface area contributed by atoms with Crippen LogP contribution in [0.15, 0.2) is 42.5 Å². The first kappa shape index (κ1) is 21.3. The van der Waals surface area contributed by atoms with Crippen molar-refractivity contribution in [2.24, 2.45) is 0 Å². The fraction of sp³-hybridized carbons (Fsp3) is 0.278. The summed E-state index contributed by atoms with van der Waals surface area (Å²) in [7, 11) is -1.89. The molecular formula is C18H20Cl2N2O4S. The van der Waals surface area contributed by atoms with Crippen LogP contribution in [0.5, 0.6) is 5.75 Å². The van der Waals surface area contributed by atoms with Gasteiger partial charge >= 0.3 is 0 Å². The van der Waals surface area contributed by atoms with Crippen molar-refractivity contribution in [2.45, 2.75) is 19.4 Å². The number of halogens is 2. The molecule has 0 saturated heterocycles. The second-order valence-corrected chi connectivity index (χ2v) is 8.63. The van der Waals surface area contributed by atoms with E-state index in [2.05, 4.69) is 5.32 Å². The molecule has 1 unspecified atom stereocenters. The van der Waals surface area contributed by atoms with Crippen LogP contribution in [0.3, 0.4) is 0 Å². The molecule has 6 nitrogen and oxygen atoms in total. The quantitative estimate of drug-likeness (QED) is 0.714. The summed E-state index contributed by atoms with van der Waals surface area (Å²) in [5.41, 5.74) is 0.898. The molecule has 0 bridgehead atoms. The number of anilines is 2. The van der Waals surface area contributed by atoms with Crippen molar-refractivity contribution in [3.8, 4) is 5.75 Å². The summed E-state index contributed by atoms with van der Waals surface area (Å²) >= 11 is 12.0. The van der Waals surface area contributed by atoms with E-state index in [4.69, 9.17) is 27.9 Å². The lowest BCUT2D eigenvalue weighted by atomic mass is 10.2. The van der Waals surface area contributed by atoms with Gasteiger partial charge in [-0.05, 0) is 42.8 Å². The number of rotatable bonds is 7. The minimum absolute atomic E-state index is 0.260. The Hall–Kier alpha value is -1.96. The molecule has 0 fully saturated rings. The lowest BCUT2D eigenvalue weighted by molar-refractivity contribution is -0.122. The number of ether oxygens (including phenoxy) is 1. The minimum atomic E-state index is -3.35. The van der Waals surface area contributed by atoms with Crippen LogP contribution in [0.1, 0.15) is 13.3 Å². The normalized spacial score (nSPS) is 12.3. The van der Waals surface area contributed by atoms with E-state index in [1.54, 1.807) is 42.5 Å². The number of sulfonamides is 1. The first-order valence-electron chi connectivity index (χ1n) is 8.09. The molecule has 146 valence electrons. The summed E-state index contributed by atoms with van der Waals surface area (Å²) in [6.45, 7) is 1.82. The van der Waals surface area contributed by atoms with Crippen molar-refractivity contribution in [2.75, 3.05) is 22.9 Å². The Morgan fingerprint density at radius 2 is 1.81 bits per heavy atom. The molecule has 0 aromatic heterocycles. The average molecular weight is 431 g/mol. The minimum Gasteiger partial charge on any atom is -0.481 e. The third-order valence-corrected chi connectivity index (χ3v) is 5.87. The van der Waals surface area contributed by atoms with Crippen LogP contribution in [0.4, 0.5) is 11.4 Å². The molecule has 0 saturated carbocycles. The highest BCUT2D eigenvalue weighted by Gasteiger charge is 2.20. The summed E-state index contributed by atoms with van der Waals surface area (Å²) in [6, 6.07) is 11.4. The molecule has 0 aliphatic rings. The molecular weight excluding hydrogens is 411 g/mol. The molecule has 0 aliphatic heterocycles. The van der Waals surface area contributed by atoms with Crippen LogP contribution < -0.4 is 14.4 Å². The third-order valence-electron chi connectivity index (χ3n) is 3.85. The van der Waals surface area contributed by atoms with Crippen molar-refractivity contribution in [1.29, 1.82) is 0 Å². The van der Waals surface area contributed by atoms with Gasteiger partial charge in [0, 0.05) is 7.05 Å². The molecule has 0 heterocycles. The number of hydrogen-bond acceptors (Lipinski definition) is 4. The van der Waals surface area contributed by atoms with Gasteiger partial charge in [-0.25, -0.2) is 8.42 Å². The summed E-state index contributed by atoms with van der Waals surface area (Å²) in [4.78, 5) is 12.5. The fourth-order valence-electron chi connectivity index (χ4n) is 2.23. The Kier molecular flexibility index (Phi) is 6.97. The summed E-state index contributed by atoms with van der Waals surface area (Å²) in [6.07, 6.45) is 0.795. The highest BCUT2D eigenvalue weighted by molar-refractivity contribution is 7.92. The van der Waals surface area contributed by atoms with E-state index in [0.717, 1.165) is 10.6 Å². The van der Waals surface area contributed by atoms with Crippen molar-refractivity contribution in [3.05, 3.63) is 52.5 Å². The van der Waals surface area contributed by atoms with E-state index in [1.807, 2.05) is 6.92 Å². The number of nitrogens with zero attached hydrogens (tertiary/aromatic N) is 1. The average Bonchev–Trinajstić information content (AvgIpc) is 2.62. The Morgan fingerprint density at radius 3 is 2.37 bits per heavy atom. The predicted octanol–water partition coefficient (Wildman–Crippen LogP) is 4.19. The molecule has 2 rings (SSSR count). The fourth-order valence-corrected chi connectivity index (χ4v) is 3.08. The molecule has 1 N–H and O–H groups in total. The van der Waals surface area contributed by atoms with Gasteiger partial charge < -0.3 is 10.1 Å². The van der Waals surface area contributed by atoms with Gasteiger partial charge in [0.15, 0.2) is 6.10 Å². The maximum Gasteiger partial charge on any atom is 0.265 e. The lowest BCUT2D eigenvalue weighted by Crippen LogP contribution is -2.32. The van der Waals surface area contributed by atoms with Crippen LogP contribution in [0, 0.1) is 0 Å². The summed E-state index contributed by atoms with van der Waals surface area (Å²) < 4.78 is 30.0. The number of nitrogens with one attached hydrogen (secondary N) is 1. The largest absolute Gasteiger partial charge is 0.481 e. The molecule has 9 heteroatoms. The van der Waals surface area contributed by atoms with Gasteiger partial charge in [-0.15, -0.1) is 0 Å². The molecule has 2 aromatic rings. The van der Waals surface area contributed by atoms with Crippen molar-refractivity contribution >= 4 is 50.5 Å². The number of carbonyl (C=O) groups is 1. The third kappa shape index (κ3) is 5.51. The van der Waals surface area contributed by atoms with Gasteiger partial charge in [-0.2, -0.15) is 0 Å². The Morgan fingerprint density at radius 1 is 1.19 bits per heavy atom. The Bertz CT molecular complexity index is 917. The van der Waals surface area contributed by atoms with Crippen molar-refractivity contribution in [3.63, 3.8) is 0 Å². The molecule has 0 spiro atoms. The molecule has 0 radical (unpaired) electrons. The van der Waals surface area contributed by atoms with E-state index >= 15 is 0 Å². The zero-order valence-electron chi connectivity index (χ0n) is 15.1. The monoisotopic (exact) mass is 430 g/mol. The van der Waals surface area contributed by atoms with Crippen LogP contribution in [0.2, 0.25) is 10.0 Å². The van der Waals surface area contributed by atoms with Gasteiger partial charge in [-0.3, -0.25) is 9.10 Å². The van der Waals surface area contributed by atoms with Crippen molar-refractivity contribution < 1.29 is 17.9 Å². The highest BCUT2D eigenvalue weighted by Crippen LogP contribution is 2.30. The number of amides is 1. The van der Waals surface area contributed by atoms with Crippen LogP contribution in [-0.2, 0) is 14.8 Å². The van der Waals surface area contributed by atoms with Crippen LogP contribution in [-0.4, -0.2) is 33.7 Å². The van der Waals surface area contributed by atoms with Gasteiger partial charge in [-0.1, -0.05) is 36.2 Å². The van der Waals surface area contributed by atoms with Gasteiger partial charge in [0.25, 0.3) is 5.91 Å². The first-order valence-corrected chi connectivity index (χ1v) is 10.7. The smallest absolute Gasteiger partial charge is 0.265 e. The predicted molar refractivity (Wildman–Crippen MR) is 109 cm³/mol. The van der Waals surface area contributed by atoms with E-state index in [-0.39, 0.29) is 10.9 Å². The van der Waals surface area contributed by atoms with Gasteiger partial charge in [0.1, 0.15) is 5.75 Å². The topological polar surface area (TPSA) is 75.7 Å². The maximum absolute atomic E-state index is 12.5. The van der Waals surface area contributed by atoms with E-state index in [1.165, 1.54) is 7.05 Å². The van der Waals surface area contributed by atoms with E-state index in [0.29, 0.717) is 28.6 Å². The van der Waals surface area contributed by atoms with E-state index < -0.39 is 16.1 Å². The first-order chi connectivity index (χ1) is 12.6. The second-order valence-electron chi connectivity index (χ2n) is 5.83. The summed E-state index contributed by atoms with van der Waals surface area (Å²) in [5.74, 6) is 0.0823. The highest BCUT2D eigenvalue weighted by atomic mass is 35.5. The van der Waals surface area contributed by atoms with Gasteiger partial charge in [0.2, 0.25) is 10.0 Å². The maximum atomic E-state index is 12.5. The Labute approximate surface area is 169 Å². The second kappa shape index (κ2) is 8.82. The Balaban J connectivity index is 2.10. The van der Waals surface area contributed by atoms with E-state index in [9.17, 15) is 13.2 Å². The standard InChI is InChI=1S/C18H20Cl2N2O4S/c1-4-16(18(23)21-15-7-5-6-14(19)17(15)20)26-13-10-8-12(9-11-13)22(2)27(3,24)25/h5-11,16H,4H2,1-3H3,(H,21,23). The number of hydrogen-bond donors (Lipinski definition) is 1. The number of carbonyl (C=O) groups excluding carboxylic acids is 1. The molecule has 2 aromatic carbocycles. The molecule has 0 aliphatic carbocycles.